The average Bonchev–Trinajstić information content (AvgIpc) is 2.98. The molecule has 6 nitrogen and oxygen atoms in total. The Bertz CT molecular complexity index is 734. The quantitative estimate of drug-likeness (QED) is 0.905. The summed E-state index contributed by atoms with van der Waals surface area (Å²) in [5.41, 5.74) is 1.87. The first-order valence-electron chi connectivity index (χ1n) is 7.37. The van der Waals surface area contributed by atoms with Gasteiger partial charge < -0.3 is 9.73 Å². The van der Waals surface area contributed by atoms with Crippen LogP contribution in [0.3, 0.4) is 0 Å². The lowest BCUT2D eigenvalue weighted by Crippen LogP contribution is -2.28. The molecule has 2 aromatic rings. The molecule has 1 atom stereocenters. The van der Waals surface area contributed by atoms with Gasteiger partial charge in [-0.2, -0.15) is 18.3 Å². The number of hydrogen-bond donors (Lipinski definition) is 1. The van der Waals surface area contributed by atoms with E-state index >= 15 is 0 Å². The highest BCUT2D eigenvalue weighted by molar-refractivity contribution is 5.83. The number of carbonyl (C=O) groups excluding carboxylic acids is 1. The van der Waals surface area contributed by atoms with Gasteiger partial charge in [0.25, 0.3) is 0 Å². The van der Waals surface area contributed by atoms with E-state index in [0.717, 1.165) is 4.68 Å². The van der Waals surface area contributed by atoms with Crippen LogP contribution in [0.1, 0.15) is 41.2 Å². The van der Waals surface area contributed by atoms with Crippen LogP contribution in [0.25, 0.3) is 0 Å². The minimum Gasteiger partial charge on any atom is -0.448 e. The maximum atomic E-state index is 12.6. The third-order valence-electron chi connectivity index (χ3n) is 3.87. The second kappa shape index (κ2) is 6.66. The molecule has 24 heavy (non-hydrogen) atoms. The second-order valence-electron chi connectivity index (χ2n) is 5.65. The maximum Gasteiger partial charge on any atom is 0.408 e. The van der Waals surface area contributed by atoms with Gasteiger partial charge in [0.05, 0.1) is 18.2 Å². The van der Waals surface area contributed by atoms with Crippen LogP contribution >= 0.6 is 0 Å². The first-order valence-corrected chi connectivity index (χ1v) is 7.37. The number of oxazole rings is 1. The summed E-state index contributed by atoms with van der Waals surface area (Å²) in [6.07, 6.45) is -3.08. The summed E-state index contributed by atoms with van der Waals surface area (Å²) in [5, 5.41) is 6.63. The van der Waals surface area contributed by atoms with E-state index in [2.05, 4.69) is 15.4 Å². The third-order valence-corrected chi connectivity index (χ3v) is 3.87. The van der Waals surface area contributed by atoms with Crippen LogP contribution in [-0.4, -0.2) is 26.8 Å². The average molecular weight is 344 g/mol. The van der Waals surface area contributed by atoms with Crippen molar-refractivity contribution in [1.82, 2.24) is 20.1 Å². The van der Waals surface area contributed by atoms with Gasteiger partial charge >= 0.3 is 6.18 Å². The van der Waals surface area contributed by atoms with E-state index in [1.54, 1.807) is 20.8 Å². The van der Waals surface area contributed by atoms with Gasteiger partial charge in [0.1, 0.15) is 18.0 Å². The van der Waals surface area contributed by atoms with Gasteiger partial charge in [0.15, 0.2) is 6.39 Å². The Labute approximate surface area is 137 Å². The van der Waals surface area contributed by atoms with Crippen LogP contribution < -0.4 is 5.32 Å². The maximum absolute atomic E-state index is 12.6. The lowest BCUT2D eigenvalue weighted by Gasteiger charge is -2.13. The molecule has 9 heteroatoms. The number of aryl methyl sites for hydroxylation is 2. The number of hydrogen-bond acceptors (Lipinski definition) is 4. The van der Waals surface area contributed by atoms with Gasteiger partial charge in [-0.25, -0.2) is 4.98 Å². The normalized spacial score (nSPS) is 13.1. The van der Waals surface area contributed by atoms with Gasteiger partial charge in [-0.1, -0.05) is 0 Å². The summed E-state index contributed by atoms with van der Waals surface area (Å²) in [5.74, 6) is -0.331. The van der Waals surface area contributed by atoms with Crippen molar-refractivity contribution in [3.8, 4) is 0 Å². The summed E-state index contributed by atoms with van der Waals surface area (Å²) in [7, 11) is 0. The molecule has 0 aromatic carbocycles. The number of nitrogens with one attached hydrogen (secondary N) is 1. The van der Waals surface area contributed by atoms with Crippen molar-refractivity contribution in [3.05, 3.63) is 34.8 Å². The zero-order valence-corrected chi connectivity index (χ0v) is 13.9. The van der Waals surface area contributed by atoms with Crippen molar-refractivity contribution in [3.63, 3.8) is 0 Å². The van der Waals surface area contributed by atoms with Crippen molar-refractivity contribution >= 4 is 5.91 Å². The molecule has 0 spiro atoms. The van der Waals surface area contributed by atoms with Crippen LogP contribution in [0.4, 0.5) is 13.2 Å². The van der Waals surface area contributed by atoms with Crippen molar-refractivity contribution in [2.24, 2.45) is 0 Å². The van der Waals surface area contributed by atoms with Gasteiger partial charge in [-0.15, -0.1) is 0 Å². The number of alkyl halides is 3. The predicted octanol–water partition coefficient (Wildman–Crippen LogP) is 2.78. The van der Waals surface area contributed by atoms with Crippen molar-refractivity contribution in [1.29, 1.82) is 0 Å². The van der Waals surface area contributed by atoms with Gasteiger partial charge in [-0.3, -0.25) is 9.48 Å². The number of amides is 1. The Balaban J connectivity index is 2.12. The topological polar surface area (TPSA) is 73.0 Å². The number of halogens is 3. The number of aromatic nitrogens is 3. The van der Waals surface area contributed by atoms with E-state index in [1.165, 1.54) is 13.3 Å². The first-order chi connectivity index (χ1) is 11.1. The summed E-state index contributed by atoms with van der Waals surface area (Å²) < 4.78 is 43.7. The smallest absolute Gasteiger partial charge is 0.408 e. The number of nitrogens with zero attached hydrogens (tertiary/aromatic N) is 3. The highest BCUT2D eigenvalue weighted by Gasteiger charge is 2.31. The Hall–Kier alpha value is -2.32. The molecule has 132 valence electrons. The van der Waals surface area contributed by atoms with Gasteiger partial charge in [-0.05, 0) is 27.7 Å². The zero-order chi connectivity index (χ0) is 18.1. The molecule has 1 amide bonds. The second-order valence-corrected chi connectivity index (χ2v) is 5.65. The van der Waals surface area contributed by atoms with Crippen molar-refractivity contribution in [2.75, 3.05) is 0 Å². The van der Waals surface area contributed by atoms with E-state index in [9.17, 15) is 18.0 Å². The minimum atomic E-state index is -4.36. The number of rotatable bonds is 5. The van der Waals surface area contributed by atoms with Crippen molar-refractivity contribution in [2.45, 2.75) is 52.9 Å². The van der Waals surface area contributed by atoms with E-state index in [1.807, 2.05) is 0 Å². The molecule has 0 saturated heterocycles. The molecule has 0 saturated carbocycles. The lowest BCUT2D eigenvalue weighted by atomic mass is 9.98. The monoisotopic (exact) mass is 344 g/mol. The fourth-order valence-corrected chi connectivity index (χ4v) is 2.61. The highest BCUT2D eigenvalue weighted by atomic mass is 19.4. The van der Waals surface area contributed by atoms with Crippen LogP contribution in [0.2, 0.25) is 0 Å². The first kappa shape index (κ1) is 18.0. The standard InChI is InChI=1S/C15H19F3N4O2/c1-8(14(23)19-5-12-11(4)24-7-20-12)13-9(2)21-22(10(13)3)6-15(16,17)18/h7-8H,5-6H2,1-4H3,(H,19,23)/t8-/m1/s1. The van der Waals surface area contributed by atoms with E-state index in [4.69, 9.17) is 4.42 Å². The van der Waals surface area contributed by atoms with Gasteiger partial charge in [0.2, 0.25) is 5.91 Å². The Morgan fingerprint density at radius 1 is 1.38 bits per heavy atom. The molecule has 0 aliphatic rings. The highest BCUT2D eigenvalue weighted by Crippen LogP contribution is 2.26. The molecular weight excluding hydrogens is 325 g/mol. The summed E-state index contributed by atoms with van der Waals surface area (Å²) in [6, 6.07) is 0. The molecule has 0 aliphatic carbocycles. The Kier molecular flexibility index (Phi) is 5.00. The number of carbonyl (C=O) groups is 1. The SMILES string of the molecule is Cc1nn(CC(F)(F)F)c(C)c1[C@@H](C)C(=O)NCc1ncoc1C. The van der Waals surface area contributed by atoms with E-state index in [0.29, 0.717) is 28.4 Å². The van der Waals surface area contributed by atoms with Crippen LogP contribution in [0, 0.1) is 20.8 Å². The fourth-order valence-electron chi connectivity index (χ4n) is 2.61. The molecule has 2 rings (SSSR count). The zero-order valence-electron chi connectivity index (χ0n) is 13.9. The molecular formula is C15H19F3N4O2. The predicted molar refractivity (Wildman–Crippen MR) is 79.3 cm³/mol. The summed E-state index contributed by atoms with van der Waals surface area (Å²) in [4.78, 5) is 16.3. The largest absolute Gasteiger partial charge is 0.448 e. The van der Waals surface area contributed by atoms with E-state index < -0.39 is 18.6 Å². The molecule has 1 N–H and O–H groups in total. The van der Waals surface area contributed by atoms with Gasteiger partial charge in [0, 0.05) is 11.3 Å². The fraction of sp³-hybridized carbons (Fsp3) is 0.533. The molecule has 0 aliphatic heterocycles. The molecule has 2 heterocycles. The molecule has 0 radical (unpaired) electrons. The summed E-state index contributed by atoms with van der Waals surface area (Å²) >= 11 is 0. The molecule has 2 aromatic heterocycles. The third kappa shape index (κ3) is 3.95. The minimum absolute atomic E-state index is 0.195. The van der Waals surface area contributed by atoms with Crippen LogP contribution in [-0.2, 0) is 17.9 Å². The molecule has 0 fully saturated rings. The Morgan fingerprint density at radius 2 is 2.04 bits per heavy atom. The molecule has 0 bridgehead atoms. The lowest BCUT2D eigenvalue weighted by molar-refractivity contribution is -0.143. The van der Waals surface area contributed by atoms with Crippen LogP contribution in [0.5, 0.6) is 0 Å². The van der Waals surface area contributed by atoms with Crippen molar-refractivity contribution < 1.29 is 22.4 Å². The van der Waals surface area contributed by atoms with E-state index in [-0.39, 0.29) is 12.5 Å². The summed E-state index contributed by atoms with van der Waals surface area (Å²) in [6.45, 7) is 5.52. The molecule has 0 unspecified atom stereocenters. The Morgan fingerprint density at radius 3 is 2.58 bits per heavy atom. The van der Waals surface area contributed by atoms with Crippen LogP contribution in [0.15, 0.2) is 10.8 Å².